The van der Waals surface area contributed by atoms with Gasteiger partial charge in [0.15, 0.2) is 17.6 Å². The van der Waals surface area contributed by atoms with Gasteiger partial charge in [0, 0.05) is 5.56 Å². The van der Waals surface area contributed by atoms with E-state index in [0.717, 1.165) is 0 Å². The van der Waals surface area contributed by atoms with Crippen molar-refractivity contribution in [2.45, 2.75) is 6.10 Å². The molecule has 1 aliphatic heterocycles. The summed E-state index contributed by atoms with van der Waals surface area (Å²) in [5.41, 5.74) is 0.336. The maximum atomic E-state index is 11.3. The quantitative estimate of drug-likeness (QED) is 0.567. The fourth-order valence-corrected chi connectivity index (χ4v) is 2.50. The second-order valence-electron chi connectivity index (χ2n) is 5.24. The molecule has 9 nitrogen and oxygen atoms in total. The lowest BCUT2D eigenvalue weighted by atomic mass is 10.1. The van der Waals surface area contributed by atoms with E-state index in [1.807, 2.05) is 6.07 Å². The molecule has 0 saturated carbocycles. The molecule has 4 rings (SSSR count). The molecule has 2 heterocycles. The van der Waals surface area contributed by atoms with E-state index in [0.29, 0.717) is 11.3 Å². The van der Waals surface area contributed by atoms with Gasteiger partial charge in [-0.25, -0.2) is 0 Å². The number of rotatable bonds is 4. The molecule has 0 fully saturated rings. The van der Waals surface area contributed by atoms with E-state index in [1.165, 1.54) is 12.1 Å². The number of nitro benzene ring substituents is 1. The predicted octanol–water partition coefficient (Wildman–Crippen LogP) is 2.46. The molecule has 1 aliphatic rings. The Bertz CT molecular complexity index is 940. The van der Waals surface area contributed by atoms with Crippen LogP contribution in [-0.2, 0) is 0 Å². The third-order valence-electron chi connectivity index (χ3n) is 3.71. The summed E-state index contributed by atoms with van der Waals surface area (Å²) in [6.45, 7) is -0.0370. The Labute approximate surface area is 140 Å². The largest absolute Gasteiger partial charge is 0.454 e. The Morgan fingerprint density at radius 2 is 1.84 bits per heavy atom. The number of fused-ring (bicyclic) bond motifs is 1. The van der Waals surface area contributed by atoms with Gasteiger partial charge in [-0.15, -0.1) is 10.2 Å². The Morgan fingerprint density at radius 3 is 2.56 bits per heavy atom. The maximum absolute atomic E-state index is 11.3. The molecule has 0 radical (unpaired) electrons. The first-order valence-electron chi connectivity index (χ1n) is 7.28. The summed E-state index contributed by atoms with van der Waals surface area (Å²) in [5.74, 6) is 0.611. The van der Waals surface area contributed by atoms with Crippen LogP contribution in [0.4, 0.5) is 5.69 Å². The summed E-state index contributed by atoms with van der Waals surface area (Å²) in [5, 5.41) is 29.5. The minimum absolute atomic E-state index is 0.0162. The molecule has 0 spiro atoms. The Balaban J connectivity index is 1.73. The number of nitrogens with zero attached hydrogens (tertiary/aromatic N) is 3. The SMILES string of the molecule is O=[N+]([O-])c1cc2c(cc1C(O)c1nnc(-c3ccccc3)o1)OCO2. The molecule has 1 atom stereocenters. The van der Waals surface area contributed by atoms with Crippen molar-refractivity contribution >= 4 is 5.69 Å². The van der Waals surface area contributed by atoms with Gasteiger partial charge < -0.3 is 19.0 Å². The van der Waals surface area contributed by atoms with E-state index in [2.05, 4.69) is 10.2 Å². The molecule has 9 heteroatoms. The van der Waals surface area contributed by atoms with Crippen molar-refractivity contribution in [1.29, 1.82) is 0 Å². The molecule has 1 aromatic heterocycles. The first-order chi connectivity index (χ1) is 12.1. The van der Waals surface area contributed by atoms with E-state index in [1.54, 1.807) is 24.3 Å². The molecule has 0 amide bonds. The molecular weight excluding hydrogens is 330 g/mol. The molecule has 1 unspecified atom stereocenters. The van der Waals surface area contributed by atoms with Gasteiger partial charge in [-0.1, -0.05) is 18.2 Å². The minimum Gasteiger partial charge on any atom is -0.454 e. The topological polar surface area (TPSA) is 121 Å². The number of nitro groups is 1. The van der Waals surface area contributed by atoms with Crippen molar-refractivity contribution in [3.05, 3.63) is 64.0 Å². The highest BCUT2D eigenvalue weighted by atomic mass is 16.7. The van der Waals surface area contributed by atoms with Crippen LogP contribution in [0.25, 0.3) is 11.5 Å². The molecule has 0 aliphatic carbocycles. The van der Waals surface area contributed by atoms with E-state index < -0.39 is 11.0 Å². The third-order valence-corrected chi connectivity index (χ3v) is 3.71. The molecule has 126 valence electrons. The van der Waals surface area contributed by atoms with Crippen LogP contribution in [-0.4, -0.2) is 27.0 Å². The summed E-state index contributed by atoms with van der Waals surface area (Å²) in [7, 11) is 0. The average Bonchev–Trinajstić information content (AvgIpc) is 3.29. The predicted molar refractivity (Wildman–Crippen MR) is 83.0 cm³/mol. The van der Waals surface area contributed by atoms with Gasteiger partial charge in [0.2, 0.25) is 18.6 Å². The van der Waals surface area contributed by atoms with Gasteiger partial charge in [-0.05, 0) is 18.2 Å². The lowest BCUT2D eigenvalue weighted by Gasteiger charge is -2.08. The lowest BCUT2D eigenvalue weighted by molar-refractivity contribution is -0.386. The van der Waals surface area contributed by atoms with Gasteiger partial charge in [0.05, 0.1) is 16.6 Å². The number of aromatic nitrogens is 2. The lowest BCUT2D eigenvalue weighted by Crippen LogP contribution is -2.04. The smallest absolute Gasteiger partial charge is 0.279 e. The van der Waals surface area contributed by atoms with Crippen molar-refractivity contribution in [3.63, 3.8) is 0 Å². The van der Waals surface area contributed by atoms with Crippen LogP contribution in [0.5, 0.6) is 11.5 Å². The van der Waals surface area contributed by atoms with Crippen molar-refractivity contribution < 1.29 is 23.9 Å². The number of benzene rings is 2. The minimum atomic E-state index is -1.47. The zero-order valence-electron chi connectivity index (χ0n) is 12.7. The van der Waals surface area contributed by atoms with Crippen molar-refractivity contribution in [2.75, 3.05) is 6.79 Å². The standard InChI is InChI=1S/C16H11N3O6/c20-14(16-18-17-15(25-16)9-4-2-1-3-5-9)10-6-12-13(24-8-23-12)7-11(10)19(21)22/h1-7,14,20H,8H2. The normalized spacial score (nSPS) is 13.6. The number of ether oxygens (including phenoxy) is 2. The number of aliphatic hydroxyl groups excluding tert-OH is 1. The highest BCUT2D eigenvalue weighted by molar-refractivity contribution is 5.57. The van der Waals surface area contributed by atoms with Crippen LogP contribution in [0.2, 0.25) is 0 Å². The van der Waals surface area contributed by atoms with Crippen LogP contribution in [0.3, 0.4) is 0 Å². The van der Waals surface area contributed by atoms with Crippen LogP contribution >= 0.6 is 0 Å². The number of hydrogen-bond acceptors (Lipinski definition) is 8. The van der Waals surface area contributed by atoms with Crippen molar-refractivity contribution in [1.82, 2.24) is 10.2 Å². The molecule has 2 aromatic carbocycles. The molecule has 1 N–H and O–H groups in total. The number of hydrogen-bond donors (Lipinski definition) is 1. The second kappa shape index (κ2) is 5.87. The van der Waals surface area contributed by atoms with Gasteiger partial charge in [-0.2, -0.15) is 0 Å². The zero-order valence-corrected chi connectivity index (χ0v) is 12.7. The fourth-order valence-electron chi connectivity index (χ4n) is 2.50. The average molecular weight is 341 g/mol. The van der Waals surface area contributed by atoms with Gasteiger partial charge in [0.25, 0.3) is 5.69 Å². The van der Waals surface area contributed by atoms with Crippen LogP contribution in [0, 0.1) is 10.1 Å². The second-order valence-corrected chi connectivity index (χ2v) is 5.24. The van der Waals surface area contributed by atoms with Crippen molar-refractivity contribution in [3.8, 4) is 23.0 Å². The Morgan fingerprint density at radius 1 is 1.12 bits per heavy atom. The monoisotopic (exact) mass is 341 g/mol. The molecule has 0 saturated heterocycles. The molecule has 0 bridgehead atoms. The Hall–Kier alpha value is -3.46. The maximum Gasteiger partial charge on any atom is 0.279 e. The van der Waals surface area contributed by atoms with Crippen LogP contribution < -0.4 is 9.47 Å². The highest BCUT2D eigenvalue weighted by Crippen LogP contribution is 2.41. The first-order valence-corrected chi connectivity index (χ1v) is 7.28. The van der Waals surface area contributed by atoms with Crippen molar-refractivity contribution in [2.24, 2.45) is 0 Å². The van der Waals surface area contributed by atoms with E-state index in [9.17, 15) is 15.2 Å². The summed E-state index contributed by atoms with van der Waals surface area (Å²) in [4.78, 5) is 10.7. The highest BCUT2D eigenvalue weighted by Gasteiger charge is 2.30. The first kappa shape index (κ1) is 15.1. The third kappa shape index (κ3) is 2.66. The zero-order chi connectivity index (χ0) is 17.4. The fraction of sp³-hybridized carbons (Fsp3) is 0.125. The molecular formula is C16H11N3O6. The summed E-state index contributed by atoms with van der Waals surface area (Å²) < 4.78 is 15.8. The van der Waals surface area contributed by atoms with Gasteiger partial charge in [-0.3, -0.25) is 10.1 Å². The summed E-state index contributed by atoms with van der Waals surface area (Å²) >= 11 is 0. The van der Waals surface area contributed by atoms with E-state index >= 15 is 0 Å². The molecule has 3 aromatic rings. The Kier molecular flexibility index (Phi) is 3.55. The summed E-state index contributed by atoms with van der Waals surface area (Å²) in [6.07, 6.45) is -1.47. The van der Waals surface area contributed by atoms with Gasteiger partial charge in [0.1, 0.15) is 0 Å². The molecule has 25 heavy (non-hydrogen) atoms. The van der Waals surface area contributed by atoms with E-state index in [4.69, 9.17) is 13.9 Å². The van der Waals surface area contributed by atoms with E-state index in [-0.39, 0.29) is 35.6 Å². The van der Waals surface area contributed by atoms with Gasteiger partial charge >= 0.3 is 0 Å². The summed E-state index contributed by atoms with van der Waals surface area (Å²) in [6, 6.07) is 11.5. The van der Waals surface area contributed by atoms with Crippen LogP contribution in [0.15, 0.2) is 46.9 Å². The van der Waals surface area contributed by atoms with Crippen LogP contribution in [0.1, 0.15) is 17.6 Å². The number of aliphatic hydroxyl groups is 1.